The lowest BCUT2D eigenvalue weighted by Crippen LogP contribution is -1.97. The number of aryl methyl sites for hydroxylation is 2. The Morgan fingerprint density at radius 2 is 2.18 bits per heavy atom. The van der Waals surface area contributed by atoms with E-state index < -0.39 is 0 Å². The lowest BCUT2D eigenvalue weighted by atomic mass is 10.1. The normalized spacial score (nSPS) is 10.8. The van der Waals surface area contributed by atoms with Crippen LogP contribution in [0.3, 0.4) is 0 Å². The van der Waals surface area contributed by atoms with Crippen molar-refractivity contribution >= 4 is 11.3 Å². The SMILES string of the molecule is CCc1nc(Cc2cccc(C)c2)sc1CN. The Labute approximate surface area is 107 Å². The molecular formula is C14H18N2S. The van der Waals surface area contributed by atoms with Crippen LogP contribution in [0.1, 0.15) is 33.6 Å². The van der Waals surface area contributed by atoms with Crippen molar-refractivity contribution in [2.24, 2.45) is 5.73 Å². The van der Waals surface area contributed by atoms with Crippen LogP contribution >= 0.6 is 11.3 Å². The Hall–Kier alpha value is -1.19. The fourth-order valence-electron chi connectivity index (χ4n) is 1.94. The molecule has 17 heavy (non-hydrogen) atoms. The molecule has 1 heterocycles. The molecule has 2 N–H and O–H groups in total. The molecule has 0 fully saturated rings. The highest BCUT2D eigenvalue weighted by Crippen LogP contribution is 2.21. The zero-order valence-electron chi connectivity index (χ0n) is 10.4. The van der Waals surface area contributed by atoms with E-state index in [9.17, 15) is 0 Å². The minimum absolute atomic E-state index is 0.606. The van der Waals surface area contributed by atoms with Crippen molar-refractivity contribution in [3.63, 3.8) is 0 Å². The van der Waals surface area contributed by atoms with Gasteiger partial charge >= 0.3 is 0 Å². The summed E-state index contributed by atoms with van der Waals surface area (Å²) in [6.07, 6.45) is 1.89. The third-order valence-corrected chi connectivity index (χ3v) is 3.90. The van der Waals surface area contributed by atoms with E-state index in [1.807, 2.05) is 0 Å². The van der Waals surface area contributed by atoms with Crippen molar-refractivity contribution in [2.45, 2.75) is 33.2 Å². The first-order chi connectivity index (χ1) is 8.22. The molecule has 0 atom stereocenters. The molecule has 0 amide bonds. The van der Waals surface area contributed by atoms with Crippen LogP contribution < -0.4 is 5.73 Å². The van der Waals surface area contributed by atoms with Gasteiger partial charge in [0.05, 0.1) is 10.7 Å². The van der Waals surface area contributed by atoms with Gasteiger partial charge < -0.3 is 5.73 Å². The van der Waals surface area contributed by atoms with Gasteiger partial charge in [-0.05, 0) is 18.9 Å². The van der Waals surface area contributed by atoms with E-state index in [1.54, 1.807) is 11.3 Å². The Kier molecular flexibility index (Phi) is 3.92. The number of rotatable bonds is 4. The monoisotopic (exact) mass is 246 g/mol. The van der Waals surface area contributed by atoms with Gasteiger partial charge in [0.15, 0.2) is 0 Å². The summed E-state index contributed by atoms with van der Waals surface area (Å²) in [7, 11) is 0. The molecule has 0 spiro atoms. The maximum atomic E-state index is 5.73. The molecule has 3 heteroatoms. The number of nitrogens with two attached hydrogens (primary N) is 1. The van der Waals surface area contributed by atoms with Gasteiger partial charge in [0.25, 0.3) is 0 Å². The summed E-state index contributed by atoms with van der Waals surface area (Å²) in [6.45, 7) is 4.85. The fourth-order valence-corrected chi connectivity index (χ4v) is 3.02. The van der Waals surface area contributed by atoms with Crippen LogP contribution in [0.25, 0.3) is 0 Å². The summed E-state index contributed by atoms with van der Waals surface area (Å²) >= 11 is 1.75. The second-order valence-corrected chi connectivity index (χ2v) is 5.37. The van der Waals surface area contributed by atoms with Crippen molar-refractivity contribution < 1.29 is 0 Å². The largest absolute Gasteiger partial charge is 0.326 e. The summed E-state index contributed by atoms with van der Waals surface area (Å²) in [5.41, 5.74) is 9.52. The molecule has 0 unspecified atom stereocenters. The third-order valence-electron chi connectivity index (χ3n) is 2.78. The summed E-state index contributed by atoms with van der Waals surface area (Å²) in [6, 6.07) is 8.59. The molecule has 0 aliphatic rings. The van der Waals surface area contributed by atoms with E-state index in [0.717, 1.165) is 12.8 Å². The lowest BCUT2D eigenvalue weighted by Gasteiger charge is -1.99. The van der Waals surface area contributed by atoms with Crippen LogP contribution in [0.4, 0.5) is 0 Å². The van der Waals surface area contributed by atoms with Gasteiger partial charge in [-0.15, -0.1) is 11.3 Å². The number of hydrogen-bond donors (Lipinski definition) is 1. The van der Waals surface area contributed by atoms with Gasteiger partial charge in [0, 0.05) is 17.8 Å². The third kappa shape index (κ3) is 2.93. The molecule has 1 aromatic carbocycles. The van der Waals surface area contributed by atoms with Crippen molar-refractivity contribution in [3.8, 4) is 0 Å². The smallest absolute Gasteiger partial charge is 0.0975 e. The molecule has 2 aromatic rings. The van der Waals surface area contributed by atoms with Gasteiger partial charge in [-0.3, -0.25) is 0 Å². The molecule has 2 nitrogen and oxygen atoms in total. The minimum Gasteiger partial charge on any atom is -0.326 e. The van der Waals surface area contributed by atoms with E-state index in [0.29, 0.717) is 6.54 Å². The molecule has 0 saturated heterocycles. The van der Waals surface area contributed by atoms with E-state index in [-0.39, 0.29) is 0 Å². The summed E-state index contributed by atoms with van der Waals surface area (Å²) in [5.74, 6) is 0. The molecule has 0 bridgehead atoms. The van der Waals surface area contributed by atoms with Gasteiger partial charge in [-0.2, -0.15) is 0 Å². The number of hydrogen-bond acceptors (Lipinski definition) is 3. The van der Waals surface area contributed by atoms with Crippen LogP contribution in [0.2, 0.25) is 0 Å². The van der Waals surface area contributed by atoms with Crippen molar-refractivity contribution in [1.82, 2.24) is 4.98 Å². The number of aromatic nitrogens is 1. The van der Waals surface area contributed by atoms with Gasteiger partial charge in [0.1, 0.15) is 0 Å². The minimum atomic E-state index is 0.606. The Morgan fingerprint density at radius 1 is 1.35 bits per heavy atom. The standard InChI is InChI=1S/C14H18N2S/c1-3-12-13(9-15)17-14(16-12)8-11-6-4-5-10(2)7-11/h4-7H,3,8-9,15H2,1-2H3. The second kappa shape index (κ2) is 5.43. The zero-order valence-corrected chi connectivity index (χ0v) is 11.2. The Bertz CT molecular complexity index is 481. The highest BCUT2D eigenvalue weighted by atomic mass is 32.1. The molecule has 0 saturated carbocycles. The van der Waals surface area contributed by atoms with Crippen LogP contribution in [-0.4, -0.2) is 4.98 Å². The first-order valence-corrected chi connectivity index (χ1v) is 6.77. The number of thiazole rings is 1. The number of benzene rings is 1. The summed E-state index contributed by atoms with van der Waals surface area (Å²) in [5, 5.41) is 1.17. The predicted octanol–water partition coefficient (Wildman–Crippen LogP) is 3.06. The Morgan fingerprint density at radius 3 is 2.76 bits per heavy atom. The van der Waals surface area contributed by atoms with Crippen LogP contribution in [0.5, 0.6) is 0 Å². The average molecular weight is 246 g/mol. The average Bonchev–Trinajstić information content (AvgIpc) is 2.71. The van der Waals surface area contributed by atoms with E-state index >= 15 is 0 Å². The first-order valence-electron chi connectivity index (χ1n) is 5.96. The van der Waals surface area contributed by atoms with Crippen LogP contribution in [0, 0.1) is 6.92 Å². The fraction of sp³-hybridized carbons (Fsp3) is 0.357. The molecular weight excluding hydrogens is 228 g/mol. The molecule has 1 aromatic heterocycles. The molecule has 90 valence electrons. The van der Waals surface area contributed by atoms with Crippen LogP contribution in [-0.2, 0) is 19.4 Å². The van der Waals surface area contributed by atoms with Crippen molar-refractivity contribution in [3.05, 3.63) is 51.0 Å². The van der Waals surface area contributed by atoms with Gasteiger partial charge in [0.2, 0.25) is 0 Å². The van der Waals surface area contributed by atoms with E-state index in [4.69, 9.17) is 5.73 Å². The topological polar surface area (TPSA) is 38.9 Å². The molecule has 2 rings (SSSR count). The zero-order chi connectivity index (χ0) is 12.3. The van der Waals surface area contributed by atoms with Crippen molar-refractivity contribution in [2.75, 3.05) is 0 Å². The van der Waals surface area contributed by atoms with Gasteiger partial charge in [-0.25, -0.2) is 4.98 Å². The van der Waals surface area contributed by atoms with Gasteiger partial charge in [-0.1, -0.05) is 36.8 Å². The molecule has 0 aliphatic heterocycles. The summed E-state index contributed by atoms with van der Waals surface area (Å²) in [4.78, 5) is 5.89. The Balaban J connectivity index is 2.21. The predicted molar refractivity (Wildman–Crippen MR) is 73.4 cm³/mol. The summed E-state index contributed by atoms with van der Waals surface area (Å²) < 4.78 is 0. The quantitative estimate of drug-likeness (QED) is 0.900. The molecule has 0 radical (unpaired) electrons. The highest BCUT2D eigenvalue weighted by molar-refractivity contribution is 7.11. The maximum absolute atomic E-state index is 5.73. The first kappa shape index (κ1) is 12.3. The lowest BCUT2D eigenvalue weighted by molar-refractivity contribution is 0.968. The highest BCUT2D eigenvalue weighted by Gasteiger charge is 2.08. The molecule has 0 aliphatic carbocycles. The van der Waals surface area contributed by atoms with Crippen LogP contribution in [0.15, 0.2) is 24.3 Å². The number of nitrogens with zero attached hydrogens (tertiary/aromatic N) is 1. The van der Waals surface area contributed by atoms with E-state index in [2.05, 4.69) is 43.1 Å². The second-order valence-electron chi connectivity index (χ2n) is 4.20. The van der Waals surface area contributed by atoms with Crippen molar-refractivity contribution in [1.29, 1.82) is 0 Å². The maximum Gasteiger partial charge on any atom is 0.0975 e. The van der Waals surface area contributed by atoms with E-state index in [1.165, 1.54) is 26.7 Å².